The van der Waals surface area contributed by atoms with Crippen molar-refractivity contribution in [3.05, 3.63) is 70.9 Å². The topological polar surface area (TPSA) is 86.4 Å². The molecule has 33 heavy (non-hydrogen) atoms. The third-order valence-corrected chi connectivity index (χ3v) is 7.79. The van der Waals surface area contributed by atoms with Crippen molar-refractivity contribution >= 4 is 29.1 Å². The molecule has 1 aromatic heterocycles. The van der Waals surface area contributed by atoms with Gasteiger partial charge in [-0.15, -0.1) is 11.8 Å². The van der Waals surface area contributed by atoms with Crippen molar-refractivity contribution in [2.75, 3.05) is 13.1 Å². The highest BCUT2D eigenvalue weighted by molar-refractivity contribution is 8.04. The van der Waals surface area contributed by atoms with E-state index in [9.17, 15) is 9.59 Å². The Morgan fingerprint density at radius 3 is 2.91 bits per heavy atom. The first-order valence-electron chi connectivity index (χ1n) is 11.5. The van der Waals surface area contributed by atoms with Crippen molar-refractivity contribution in [3.63, 3.8) is 0 Å². The molecule has 172 valence electrons. The average Bonchev–Trinajstić information content (AvgIpc) is 3.28. The number of rotatable bonds is 5. The average molecular weight is 464 g/mol. The molecule has 0 saturated carbocycles. The lowest BCUT2D eigenvalue weighted by molar-refractivity contribution is -0.129. The van der Waals surface area contributed by atoms with Crippen molar-refractivity contribution in [1.29, 1.82) is 0 Å². The summed E-state index contributed by atoms with van der Waals surface area (Å²) in [6, 6.07) is 12.2. The van der Waals surface area contributed by atoms with Gasteiger partial charge in [0, 0.05) is 32.0 Å². The Morgan fingerprint density at radius 2 is 2.12 bits per heavy atom. The van der Waals surface area contributed by atoms with Gasteiger partial charge in [-0.2, -0.15) is 0 Å². The molecule has 7 nitrogen and oxygen atoms in total. The maximum Gasteiger partial charge on any atom is 0.237 e. The van der Waals surface area contributed by atoms with Gasteiger partial charge in [0.1, 0.15) is 11.5 Å². The highest BCUT2D eigenvalue weighted by atomic mass is 32.2. The van der Waals surface area contributed by atoms with Gasteiger partial charge in [-0.05, 0) is 47.9 Å². The number of fused-ring (bicyclic) bond motifs is 1. The number of aryl methyl sites for hydroxylation is 1. The van der Waals surface area contributed by atoms with E-state index in [1.807, 2.05) is 12.1 Å². The number of hydrogen-bond donors (Lipinski definition) is 3. The number of thioether (sulfide) groups is 1. The van der Waals surface area contributed by atoms with Crippen LogP contribution in [0.4, 0.5) is 0 Å². The summed E-state index contributed by atoms with van der Waals surface area (Å²) in [5.41, 5.74) is 4.51. The lowest BCUT2D eigenvalue weighted by Crippen LogP contribution is -2.69. The van der Waals surface area contributed by atoms with Crippen molar-refractivity contribution in [2.24, 2.45) is 5.92 Å². The van der Waals surface area contributed by atoms with Gasteiger partial charge in [0.15, 0.2) is 0 Å². The molecule has 2 aromatic rings. The SMILES string of the molecule is Cc1ccc(C2=CSC3C(=O)NC(N4CCCC(C(=O)NCc5cccnc5)C4)NC23)cc1. The standard InChI is InChI=1S/C25H29N5O2S/c1-16-6-8-18(9-7-16)20-15-33-22-21(20)28-25(29-24(22)32)30-11-3-5-19(14-30)23(31)27-13-17-4-2-10-26-12-17/h2,4,6-10,12,15,19,21-22,25,28H,3,5,11,13-14H2,1H3,(H,27,31)(H,29,32). The number of nitrogens with zero attached hydrogens (tertiary/aromatic N) is 2. The highest BCUT2D eigenvalue weighted by Gasteiger charge is 2.44. The number of amides is 2. The second kappa shape index (κ2) is 9.67. The number of carbonyl (C=O) groups excluding carboxylic acids is 2. The van der Waals surface area contributed by atoms with E-state index in [4.69, 9.17) is 0 Å². The second-order valence-corrected chi connectivity index (χ2v) is 9.98. The Bertz CT molecular complexity index is 1040. The smallest absolute Gasteiger partial charge is 0.237 e. The molecule has 4 unspecified atom stereocenters. The van der Waals surface area contributed by atoms with Crippen LogP contribution in [0.1, 0.15) is 29.5 Å². The fourth-order valence-electron chi connectivity index (χ4n) is 4.76. The first-order valence-corrected chi connectivity index (χ1v) is 12.4. The van der Waals surface area contributed by atoms with E-state index in [2.05, 4.69) is 62.4 Å². The molecule has 2 amide bonds. The number of pyridine rings is 1. The summed E-state index contributed by atoms with van der Waals surface area (Å²) in [7, 11) is 0. The van der Waals surface area contributed by atoms with Gasteiger partial charge in [-0.3, -0.25) is 24.8 Å². The van der Waals surface area contributed by atoms with E-state index in [-0.39, 0.29) is 35.3 Å². The number of nitrogens with one attached hydrogen (secondary N) is 3. The third kappa shape index (κ3) is 4.83. The largest absolute Gasteiger partial charge is 0.352 e. The number of benzene rings is 1. The van der Waals surface area contributed by atoms with Crippen molar-refractivity contribution < 1.29 is 9.59 Å². The minimum atomic E-state index is -0.278. The summed E-state index contributed by atoms with van der Waals surface area (Å²) in [4.78, 5) is 32.0. The summed E-state index contributed by atoms with van der Waals surface area (Å²) in [5.74, 6) is 0.00685. The minimum absolute atomic E-state index is 0.0451. The number of aromatic nitrogens is 1. The normalized spacial score (nSPS) is 27.4. The summed E-state index contributed by atoms with van der Waals surface area (Å²) in [6.45, 7) is 4.02. The van der Waals surface area contributed by atoms with Gasteiger partial charge >= 0.3 is 0 Å². The first-order chi connectivity index (χ1) is 16.1. The Kier molecular flexibility index (Phi) is 6.48. The van der Waals surface area contributed by atoms with E-state index < -0.39 is 0 Å². The van der Waals surface area contributed by atoms with Gasteiger partial charge in [-0.1, -0.05) is 35.9 Å². The predicted octanol–water partition coefficient (Wildman–Crippen LogP) is 2.25. The van der Waals surface area contributed by atoms with Crippen LogP contribution in [0.3, 0.4) is 0 Å². The van der Waals surface area contributed by atoms with Crippen LogP contribution in [0.2, 0.25) is 0 Å². The number of likely N-dealkylation sites (tertiary alicyclic amines) is 1. The third-order valence-electron chi connectivity index (χ3n) is 6.62. The van der Waals surface area contributed by atoms with Crippen LogP contribution in [0.5, 0.6) is 0 Å². The summed E-state index contributed by atoms with van der Waals surface area (Å²) in [5, 5.41) is 11.8. The molecule has 2 fully saturated rings. The van der Waals surface area contributed by atoms with Gasteiger partial charge in [0.05, 0.1) is 12.0 Å². The lowest BCUT2D eigenvalue weighted by Gasteiger charge is -2.43. The molecule has 4 heterocycles. The fraction of sp³-hybridized carbons (Fsp3) is 0.400. The lowest BCUT2D eigenvalue weighted by atomic mass is 9.94. The Balaban J connectivity index is 1.23. The number of hydrogen-bond acceptors (Lipinski definition) is 6. The van der Waals surface area contributed by atoms with E-state index in [0.29, 0.717) is 13.1 Å². The summed E-state index contributed by atoms with van der Waals surface area (Å²) >= 11 is 1.58. The second-order valence-electron chi connectivity index (χ2n) is 8.96. The quantitative estimate of drug-likeness (QED) is 0.631. The molecular weight excluding hydrogens is 434 g/mol. The molecule has 4 atom stereocenters. The zero-order valence-electron chi connectivity index (χ0n) is 18.7. The zero-order valence-corrected chi connectivity index (χ0v) is 19.5. The summed E-state index contributed by atoms with van der Waals surface area (Å²) < 4.78 is 0. The fourth-order valence-corrected chi connectivity index (χ4v) is 5.91. The van der Waals surface area contributed by atoms with E-state index in [1.54, 1.807) is 24.2 Å². The highest BCUT2D eigenvalue weighted by Crippen LogP contribution is 2.38. The molecule has 1 aromatic carbocycles. The van der Waals surface area contributed by atoms with Gasteiger partial charge in [0.25, 0.3) is 0 Å². The van der Waals surface area contributed by atoms with Crippen LogP contribution in [-0.2, 0) is 16.1 Å². The van der Waals surface area contributed by atoms with Crippen LogP contribution >= 0.6 is 11.8 Å². The Morgan fingerprint density at radius 1 is 1.27 bits per heavy atom. The van der Waals surface area contributed by atoms with Crippen molar-refractivity contribution in [1.82, 2.24) is 25.8 Å². The molecule has 0 spiro atoms. The maximum atomic E-state index is 12.9. The molecule has 3 aliphatic rings. The Hall–Kier alpha value is -2.68. The zero-order chi connectivity index (χ0) is 22.8. The Labute approximate surface area is 198 Å². The monoisotopic (exact) mass is 463 g/mol. The minimum Gasteiger partial charge on any atom is -0.352 e. The van der Waals surface area contributed by atoms with Gasteiger partial charge < -0.3 is 10.6 Å². The van der Waals surface area contributed by atoms with E-state index >= 15 is 0 Å². The predicted molar refractivity (Wildman–Crippen MR) is 130 cm³/mol. The molecule has 3 N–H and O–H groups in total. The molecule has 5 rings (SSSR count). The van der Waals surface area contributed by atoms with Gasteiger partial charge in [0.2, 0.25) is 11.8 Å². The summed E-state index contributed by atoms with van der Waals surface area (Å²) in [6.07, 6.45) is 4.99. The van der Waals surface area contributed by atoms with Crippen LogP contribution in [0.25, 0.3) is 5.57 Å². The van der Waals surface area contributed by atoms with Crippen LogP contribution in [-0.4, -0.2) is 52.4 Å². The molecule has 0 aliphatic carbocycles. The molecular formula is C25H29N5O2S. The molecule has 2 saturated heterocycles. The van der Waals surface area contributed by atoms with Crippen LogP contribution in [0, 0.1) is 12.8 Å². The number of carbonyl (C=O) groups is 2. The van der Waals surface area contributed by atoms with E-state index in [0.717, 1.165) is 36.1 Å². The molecule has 3 aliphatic heterocycles. The van der Waals surface area contributed by atoms with Gasteiger partial charge in [-0.25, -0.2) is 0 Å². The van der Waals surface area contributed by atoms with Crippen molar-refractivity contribution in [3.8, 4) is 0 Å². The van der Waals surface area contributed by atoms with Crippen molar-refractivity contribution in [2.45, 2.75) is 43.9 Å². The van der Waals surface area contributed by atoms with E-state index in [1.165, 1.54) is 5.56 Å². The van der Waals surface area contributed by atoms with Crippen LogP contribution in [0.15, 0.2) is 54.2 Å². The first kappa shape index (κ1) is 22.1. The maximum absolute atomic E-state index is 12.9. The molecule has 0 bridgehead atoms. The molecule has 8 heteroatoms. The number of piperidine rings is 1. The molecule has 0 radical (unpaired) electrons. The van der Waals surface area contributed by atoms with Crippen LogP contribution < -0.4 is 16.0 Å².